The maximum Gasteiger partial charge on any atom is 0.0638 e. The van der Waals surface area contributed by atoms with Gasteiger partial charge in [0.1, 0.15) is 0 Å². The maximum absolute atomic E-state index is 6.01. The Morgan fingerprint density at radius 3 is 2.59 bits per heavy atom. The minimum atomic E-state index is 0.508. The Hall–Kier alpha value is -0.940. The first-order valence-electron chi connectivity index (χ1n) is 8.75. The molecule has 3 heterocycles. The van der Waals surface area contributed by atoms with Gasteiger partial charge in [-0.05, 0) is 31.5 Å². The van der Waals surface area contributed by atoms with E-state index in [-0.39, 0.29) is 0 Å². The summed E-state index contributed by atoms with van der Waals surface area (Å²) < 4.78 is 6.01. The fourth-order valence-electron chi connectivity index (χ4n) is 4.34. The number of fused-ring (bicyclic) bond motifs is 1. The molecule has 0 aliphatic carbocycles. The summed E-state index contributed by atoms with van der Waals surface area (Å²) in [5, 5.41) is 3.80. The lowest BCUT2D eigenvalue weighted by Gasteiger charge is -2.50. The third kappa shape index (κ3) is 2.93. The molecule has 1 unspecified atom stereocenters. The zero-order chi connectivity index (χ0) is 14.8. The number of hydrogen-bond acceptors (Lipinski definition) is 4. The van der Waals surface area contributed by atoms with Crippen LogP contribution in [0.3, 0.4) is 0 Å². The number of nitrogens with zero attached hydrogens (tertiary/aromatic N) is 2. The van der Waals surface area contributed by atoms with Crippen LogP contribution in [0.5, 0.6) is 0 Å². The molecule has 3 aliphatic rings. The van der Waals surface area contributed by atoms with Gasteiger partial charge >= 0.3 is 0 Å². The molecular weight excluding hydrogens is 274 g/mol. The van der Waals surface area contributed by atoms with E-state index >= 15 is 0 Å². The van der Waals surface area contributed by atoms with Gasteiger partial charge in [0, 0.05) is 31.7 Å². The first kappa shape index (κ1) is 14.6. The predicted molar refractivity (Wildman–Crippen MR) is 87.8 cm³/mol. The Labute approximate surface area is 133 Å². The molecule has 0 bridgehead atoms. The second-order valence-electron chi connectivity index (χ2n) is 6.85. The van der Waals surface area contributed by atoms with Gasteiger partial charge in [0.25, 0.3) is 0 Å². The minimum absolute atomic E-state index is 0.508. The second kappa shape index (κ2) is 6.67. The van der Waals surface area contributed by atoms with E-state index in [0.29, 0.717) is 18.1 Å². The molecule has 0 radical (unpaired) electrons. The van der Waals surface area contributed by atoms with Gasteiger partial charge in [-0.2, -0.15) is 0 Å². The summed E-state index contributed by atoms with van der Waals surface area (Å²) in [5.74, 6) is 0. The molecule has 0 amide bonds. The van der Waals surface area contributed by atoms with Gasteiger partial charge in [0.2, 0.25) is 0 Å². The zero-order valence-corrected chi connectivity index (χ0v) is 13.3. The van der Waals surface area contributed by atoms with Gasteiger partial charge in [0.15, 0.2) is 0 Å². The van der Waals surface area contributed by atoms with Crippen LogP contribution in [0.15, 0.2) is 30.3 Å². The van der Waals surface area contributed by atoms with E-state index in [1.165, 1.54) is 31.5 Å². The van der Waals surface area contributed by atoms with E-state index in [0.717, 1.165) is 32.8 Å². The van der Waals surface area contributed by atoms with Gasteiger partial charge in [0.05, 0.1) is 19.3 Å². The highest BCUT2D eigenvalue weighted by molar-refractivity contribution is 5.15. The van der Waals surface area contributed by atoms with Gasteiger partial charge in [-0.25, -0.2) is 0 Å². The summed E-state index contributed by atoms with van der Waals surface area (Å²) in [5.41, 5.74) is 1.41. The lowest BCUT2D eigenvalue weighted by atomic mass is 9.93. The lowest BCUT2D eigenvalue weighted by Crippen LogP contribution is -2.69. The molecular formula is C18H27N3O. The Balaban J connectivity index is 1.48. The summed E-state index contributed by atoms with van der Waals surface area (Å²) in [4.78, 5) is 5.27. The van der Waals surface area contributed by atoms with E-state index in [1.54, 1.807) is 0 Å². The molecule has 3 fully saturated rings. The van der Waals surface area contributed by atoms with Crippen molar-refractivity contribution in [2.45, 2.75) is 37.5 Å². The molecule has 4 heteroatoms. The number of rotatable bonds is 3. The fraction of sp³-hybridized carbons (Fsp3) is 0.667. The van der Waals surface area contributed by atoms with Crippen LogP contribution in [0.4, 0.5) is 0 Å². The highest BCUT2D eigenvalue weighted by atomic mass is 16.5. The average molecular weight is 301 g/mol. The van der Waals surface area contributed by atoms with Crippen LogP contribution in [0.1, 0.15) is 18.4 Å². The van der Waals surface area contributed by atoms with Crippen LogP contribution in [-0.4, -0.2) is 67.3 Å². The molecule has 0 spiro atoms. The van der Waals surface area contributed by atoms with Crippen molar-refractivity contribution < 1.29 is 4.74 Å². The molecule has 0 aromatic heterocycles. The number of nitrogens with one attached hydrogen (secondary N) is 1. The fourth-order valence-corrected chi connectivity index (χ4v) is 4.34. The Kier molecular flexibility index (Phi) is 4.44. The normalized spacial score (nSPS) is 33.7. The number of ether oxygens (including phenoxy) is 1. The molecule has 4 rings (SSSR count). The monoisotopic (exact) mass is 301 g/mol. The van der Waals surface area contributed by atoms with Crippen LogP contribution >= 0.6 is 0 Å². The van der Waals surface area contributed by atoms with E-state index in [4.69, 9.17) is 4.74 Å². The maximum atomic E-state index is 6.01. The van der Waals surface area contributed by atoms with E-state index in [1.807, 2.05) is 0 Å². The summed E-state index contributed by atoms with van der Waals surface area (Å²) in [7, 11) is 0. The first-order valence-corrected chi connectivity index (χ1v) is 8.75. The standard InChI is InChI=1S/C18H27N3O/c1-2-6-15(7-3-1)12-21-11-8-19-18-16(13-22-14-17(18)21)20-9-4-5-10-20/h1-3,6-7,16-19H,4-5,8-14H2/t16?,17-,18-/m1/s1. The molecule has 3 aliphatic heterocycles. The summed E-state index contributed by atoms with van der Waals surface area (Å²) in [6.45, 7) is 7.52. The minimum Gasteiger partial charge on any atom is -0.378 e. The SMILES string of the molecule is c1ccc(CN2CCN[C@@H]3C(N4CCCC4)COC[C@H]32)cc1. The molecule has 3 atom stereocenters. The molecule has 22 heavy (non-hydrogen) atoms. The summed E-state index contributed by atoms with van der Waals surface area (Å²) >= 11 is 0. The predicted octanol–water partition coefficient (Wildman–Crippen LogP) is 1.32. The molecule has 3 saturated heterocycles. The Morgan fingerprint density at radius 2 is 1.77 bits per heavy atom. The summed E-state index contributed by atoms with van der Waals surface area (Å²) in [6, 6.07) is 12.5. The molecule has 4 nitrogen and oxygen atoms in total. The summed E-state index contributed by atoms with van der Waals surface area (Å²) in [6.07, 6.45) is 2.70. The van der Waals surface area contributed by atoms with E-state index in [9.17, 15) is 0 Å². The van der Waals surface area contributed by atoms with Crippen molar-refractivity contribution in [1.29, 1.82) is 0 Å². The number of hydrogen-bond donors (Lipinski definition) is 1. The Bertz CT molecular complexity index is 474. The van der Waals surface area contributed by atoms with Crippen molar-refractivity contribution in [1.82, 2.24) is 15.1 Å². The van der Waals surface area contributed by atoms with Crippen LogP contribution < -0.4 is 5.32 Å². The van der Waals surface area contributed by atoms with E-state index in [2.05, 4.69) is 45.4 Å². The van der Waals surface area contributed by atoms with Crippen LogP contribution in [0.2, 0.25) is 0 Å². The van der Waals surface area contributed by atoms with E-state index < -0.39 is 0 Å². The van der Waals surface area contributed by atoms with Crippen molar-refractivity contribution in [2.75, 3.05) is 39.4 Å². The van der Waals surface area contributed by atoms with Crippen molar-refractivity contribution in [3.63, 3.8) is 0 Å². The largest absolute Gasteiger partial charge is 0.378 e. The van der Waals surface area contributed by atoms with Gasteiger partial charge in [-0.1, -0.05) is 30.3 Å². The molecule has 1 N–H and O–H groups in total. The van der Waals surface area contributed by atoms with Crippen molar-refractivity contribution >= 4 is 0 Å². The van der Waals surface area contributed by atoms with Crippen molar-refractivity contribution in [3.8, 4) is 0 Å². The van der Waals surface area contributed by atoms with Gasteiger partial charge in [-0.3, -0.25) is 9.80 Å². The van der Waals surface area contributed by atoms with Crippen molar-refractivity contribution in [2.24, 2.45) is 0 Å². The average Bonchev–Trinajstić information content (AvgIpc) is 3.10. The van der Waals surface area contributed by atoms with Gasteiger partial charge < -0.3 is 10.1 Å². The lowest BCUT2D eigenvalue weighted by molar-refractivity contribution is -0.0682. The molecule has 1 aromatic rings. The smallest absolute Gasteiger partial charge is 0.0638 e. The number of benzene rings is 1. The van der Waals surface area contributed by atoms with Crippen LogP contribution in [0.25, 0.3) is 0 Å². The second-order valence-corrected chi connectivity index (χ2v) is 6.85. The van der Waals surface area contributed by atoms with Crippen LogP contribution in [-0.2, 0) is 11.3 Å². The third-order valence-electron chi connectivity index (χ3n) is 5.49. The number of likely N-dealkylation sites (tertiary alicyclic amines) is 1. The quantitative estimate of drug-likeness (QED) is 0.911. The molecule has 120 valence electrons. The molecule has 1 aromatic carbocycles. The Morgan fingerprint density at radius 1 is 1.00 bits per heavy atom. The molecule has 0 saturated carbocycles. The van der Waals surface area contributed by atoms with Crippen molar-refractivity contribution in [3.05, 3.63) is 35.9 Å². The highest BCUT2D eigenvalue weighted by Crippen LogP contribution is 2.25. The zero-order valence-electron chi connectivity index (χ0n) is 13.3. The number of piperazine rings is 1. The highest BCUT2D eigenvalue weighted by Gasteiger charge is 2.42. The van der Waals surface area contributed by atoms with Gasteiger partial charge in [-0.15, -0.1) is 0 Å². The third-order valence-corrected chi connectivity index (χ3v) is 5.49. The van der Waals surface area contributed by atoms with Crippen LogP contribution in [0, 0.1) is 0 Å². The topological polar surface area (TPSA) is 27.7 Å². The first-order chi connectivity index (χ1) is 10.9.